The fraction of sp³-hybridized carbons (Fsp3) is 0.412. The molecule has 5 nitrogen and oxygen atoms in total. The van der Waals surface area contributed by atoms with E-state index in [4.69, 9.17) is 4.42 Å². The van der Waals surface area contributed by atoms with Gasteiger partial charge in [0.15, 0.2) is 0 Å². The van der Waals surface area contributed by atoms with Crippen LogP contribution in [0.3, 0.4) is 0 Å². The predicted molar refractivity (Wildman–Crippen MR) is 84.3 cm³/mol. The van der Waals surface area contributed by atoms with Crippen molar-refractivity contribution in [2.45, 2.75) is 13.3 Å². The highest BCUT2D eigenvalue weighted by Crippen LogP contribution is 2.18. The summed E-state index contributed by atoms with van der Waals surface area (Å²) in [5.41, 5.74) is 1.62. The molecule has 22 heavy (non-hydrogen) atoms. The van der Waals surface area contributed by atoms with Gasteiger partial charge in [0, 0.05) is 31.7 Å². The third-order valence-corrected chi connectivity index (χ3v) is 4.08. The first kappa shape index (κ1) is 14.8. The van der Waals surface area contributed by atoms with Crippen LogP contribution in [0, 0.1) is 0 Å². The number of carbonyl (C=O) groups excluding carboxylic acids is 1. The average molecular weight is 299 g/mol. The maximum Gasteiger partial charge on any atom is 0.228 e. The second kappa shape index (κ2) is 6.75. The summed E-state index contributed by atoms with van der Waals surface area (Å²) < 4.78 is 5.48. The van der Waals surface area contributed by atoms with Crippen LogP contribution in [0.2, 0.25) is 0 Å². The zero-order valence-electron chi connectivity index (χ0n) is 12.9. The molecule has 2 aromatic rings. The fourth-order valence-corrected chi connectivity index (χ4v) is 2.68. The van der Waals surface area contributed by atoms with Gasteiger partial charge in [0.05, 0.1) is 12.1 Å². The van der Waals surface area contributed by atoms with Crippen LogP contribution in [0.15, 0.2) is 41.0 Å². The number of likely N-dealkylation sites (N-methyl/N-ethyl adjacent to an activating group) is 1. The molecule has 0 saturated carbocycles. The van der Waals surface area contributed by atoms with Crippen molar-refractivity contribution in [3.63, 3.8) is 0 Å². The first-order chi connectivity index (χ1) is 10.8. The van der Waals surface area contributed by atoms with Crippen LogP contribution in [-0.2, 0) is 11.2 Å². The third kappa shape index (κ3) is 3.36. The quantitative estimate of drug-likeness (QED) is 0.867. The molecule has 1 aliphatic rings. The van der Waals surface area contributed by atoms with Crippen molar-refractivity contribution in [1.29, 1.82) is 0 Å². The van der Waals surface area contributed by atoms with E-state index in [0.717, 1.165) is 38.3 Å². The highest BCUT2D eigenvalue weighted by atomic mass is 16.3. The molecular weight excluding hydrogens is 278 g/mol. The summed E-state index contributed by atoms with van der Waals surface area (Å²) in [6.07, 6.45) is 1.89. The van der Waals surface area contributed by atoms with Crippen LogP contribution in [0.1, 0.15) is 12.6 Å². The van der Waals surface area contributed by atoms with Crippen LogP contribution >= 0.6 is 0 Å². The molecule has 0 atom stereocenters. The van der Waals surface area contributed by atoms with Crippen molar-refractivity contribution in [3.8, 4) is 11.5 Å². The van der Waals surface area contributed by atoms with Gasteiger partial charge in [-0.15, -0.1) is 0 Å². The maximum atomic E-state index is 12.3. The van der Waals surface area contributed by atoms with E-state index in [9.17, 15) is 4.79 Å². The molecule has 5 heteroatoms. The molecular formula is C17H21N3O2. The van der Waals surface area contributed by atoms with Crippen molar-refractivity contribution >= 4 is 5.91 Å². The Bertz CT molecular complexity index is 616. The zero-order chi connectivity index (χ0) is 15.4. The van der Waals surface area contributed by atoms with Crippen LogP contribution in [0.5, 0.6) is 0 Å². The molecule has 2 heterocycles. The van der Waals surface area contributed by atoms with E-state index in [1.165, 1.54) is 0 Å². The van der Waals surface area contributed by atoms with Gasteiger partial charge in [-0.3, -0.25) is 4.79 Å². The summed E-state index contributed by atoms with van der Waals surface area (Å²) in [6, 6.07) is 9.73. The van der Waals surface area contributed by atoms with Gasteiger partial charge in [-0.1, -0.05) is 25.1 Å². The summed E-state index contributed by atoms with van der Waals surface area (Å²) in [4.78, 5) is 21.0. The SMILES string of the molecule is CCN1CCN(C(=O)Cc2coc(-c3ccccc3)n2)CC1. The van der Waals surface area contributed by atoms with Gasteiger partial charge in [-0.25, -0.2) is 4.98 Å². The summed E-state index contributed by atoms with van der Waals surface area (Å²) in [5.74, 6) is 0.697. The monoisotopic (exact) mass is 299 g/mol. The molecule has 0 radical (unpaired) electrons. The molecule has 0 N–H and O–H groups in total. The van der Waals surface area contributed by atoms with Crippen molar-refractivity contribution in [2.24, 2.45) is 0 Å². The number of amides is 1. The Balaban J connectivity index is 1.60. The number of benzene rings is 1. The Morgan fingerprint density at radius 1 is 1.18 bits per heavy atom. The molecule has 1 fully saturated rings. The smallest absolute Gasteiger partial charge is 0.228 e. The minimum atomic E-state index is 0.128. The standard InChI is InChI=1S/C17H21N3O2/c1-2-19-8-10-20(11-9-19)16(21)12-15-13-22-17(18-15)14-6-4-3-5-7-14/h3-7,13H,2,8-12H2,1H3. The van der Waals surface area contributed by atoms with E-state index in [1.54, 1.807) is 6.26 Å². The number of hydrogen-bond acceptors (Lipinski definition) is 4. The second-order valence-corrected chi connectivity index (χ2v) is 5.50. The molecule has 0 unspecified atom stereocenters. The van der Waals surface area contributed by atoms with Gasteiger partial charge in [0.25, 0.3) is 0 Å². The highest BCUT2D eigenvalue weighted by molar-refractivity contribution is 5.78. The molecule has 1 saturated heterocycles. The van der Waals surface area contributed by atoms with Crippen LogP contribution < -0.4 is 0 Å². The van der Waals surface area contributed by atoms with Crippen LogP contribution in [0.25, 0.3) is 11.5 Å². The topological polar surface area (TPSA) is 49.6 Å². The van der Waals surface area contributed by atoms with Gasteiger partial charge in [0.1, 0.15) is 6.26 Å². The van der Waals surface area contributed by atoms with Gasteiger partial charge < -0.3 is 14.2 Å². The number of hydrogen-bond donors (Lipinski definition) is 0. The first-order valence-corrected chi connectivity index (χ1v) is 7.76. The van der Waals surface area contributed by atoms with E-state index in [0.29, 0.717) is 18.0 Å². The van der Waals surface area contributed by atoms with E-state index < -0.39 is 0 Å². The Morgan fingerprint density at radius 3 is 2.59 bits per heavy atom. The van der Waals surface area contributed by atoms with Gasteiger partial charge in [0.2, 0.25) is 11.8 Å². The lowest BCUT2D eigenvalue weighted by molar-refractivity contribution is -0.132. The molecule has 1 aromatic heterocycles. The zero-order valence-corrected chi connectivity index (χ0v) is 12.9. The van der Waals surface area contributed by atoms with Crippen LogP contribution in [0.4, 0.5) is 0 Å². The highest BCUT2D eigenvalue weighted by Gasteiger charge is 2.21. The lowest BCUT2D eigenvalue weighted by Crippen LogP contribution is -2.48. The predicted octanol–water partition coefficient (Wildman–Crippen LogP) is 2.05. The fourth-order valence-electron chi connectivity index (χ4n) is 2.68. The first-order valence-electron chi connectivity index (χ1n) is 7.76. The Kier molecular flexibility index (Phi) is 4.53. The lowest BCUT2D eigenvalue weighted by atomic mass is 10.2. The minimum Gasteiger partial charge on any atom is -0.444 e. The lowest BCUT2D eigenvalue weighted by Gasteiger charge is -2.33. The molecule has 1 aromatic carbocycles. The number of nitrogens with zero attached hydrogens (tertiary/aromatic N) is 3. The molecule has 1 aliphatic heterocycles. The minimum absolute atomic E-state index is 0.128. The normalized spacial score (nSPS) is 16.0. The van der Waals surface area contributed by atoms with Gasteiger partial charge in [-0.05, 0) is 18.7 Å². The van der Waals surface area contributed by atoms with Crippen molar-refractivity contribution in [1.82, 2.24) is 14.8 Å². The number of rotatable bonds is 4. The molecule has 0 spiro atoms. The number of oxazole rings is 1. The molecule has 0 aliphatic carbocycles. The maximum absolute atomic E-state index is 12.3. The summed E-state index contributed by atoms with van der Waals surface area (Å²) in [6.45, 7) is 6.71. The summed E-state index contributed by atoms with van der Waals surface area (Å²) in [5, 5.41) is 0. The van der Waals surface area contributed by atoms with E-state index in [2.05, 4.69) is 16.8 Å². The Morgan fingerprint density at radius 2 is 1.91 bits per heavy atom. The van der Waals surface area contributed by atoms with E-state index >= 15 is 0 Å². The van der Waals surface area contributed by atoms with Crippen molar-refractivity contribution < 1.29 is 9.21 Å². The summed E-state index contributed by atoms with van der Waals surface area (Å²) in [7, 11) is 0. The summed E-state index contributed by atoms with van der Waals surface area (Å²) >= 11 is 0. The Labute approximate surface area is 130 Å². The number of aromatic nitrogens is 1. The largest absolute Gasteiger partial charge is 0.444 e. The third-order valence-electron chi connectivity index (χ3n) is 4.08. The number of carbonyl (C=O) groups is 1. The average Bonchev–Trinajstić information content (AvgIpc) is 3.04. The van der Waals surface area contributed by atoms with Crippen LogP contribution in [-0.4, -0.2) is 53.4 Å². The number of piperazine rings is 1. The Hall–Kier alpha value is -2.14. The van der Waals surface area contributed by atoms with Crippen molar-refractivity contribution in [3.05, 3.63) is 42.3 Å². The molecule has 1 amide bonds. The molecule has 3 rings (SSSR count). The molecule has 116 valence electrons. The van der Waals surface area contributed by atoms with Crippen molar-refractivity contribution in [2.75, 3.05) is 32.7 Å². The van der Waals surface area contributed by atoms with Gasteiger partial charge in [-0.2, -0.15) is 0 Å². The molecule has 0 bridgehead atoms. The second-order valence-electron chi connectivity index (χ2n) is 5.50. The van der Waals surface area contributed by atoms with E-state index in [1.807, 2.05) is 35.2 Å². The van der Waals surface area contributed by atoms with Gasteiger partial charge >= 0.3 is 0 Å². The van der Waals surface area contributed by atoms with E-state index in [-0.39, 0.29) is 5.91 Å².